The van der Waals surface area contributed by atoms with Gasteiger partial charge in [-0.3, -0.25) is 19.3 Å². The van der Waals surface area contributed by atoms with E-state index in [2.05, 4.69) is 15.0 Å². The summed E-state index contributed by atoms with van der Waals surface area (Å²) in [4.78, 5) is 42.3. The zero-order chi connectivity index (χ0) is 23.3. The monoisotopic (exact) mass is 463 g/mol. The minimum Gasteiger partial charge on any atom is -0.493 e. The number of aryl methyl sites for hydroxylation is 1. The average Bonchev–Trinajstić information content (AvgIpc) is 3.01. The van der Waals surface area contributed by atoms with Crippen molar-refractivity contribution in [1.82, 2.24) is 15.2 Å². The lowest BCUT2D eigenvalue weighted by Gasteiger charge is -2.13. The van der Waals surface area contributed by atoms with Gasteiger partial charge in [-0.25, -0.2) is 4.98 Å². The van der Waals surface area contributed by atoms with Crippen LogP contribution in [0.2, 0.25) is 0 Å². The molecule has 1 aliphatic rings. The number of nitrogens with zero attached hydrogens (tertiary/aromatic N) is 2. The molecule has 168 valence electrons. The molecule has 2 heterocycles. The van der Waals surface area contributed by atoms with E-state index in [9.17, 15) is 23.2 Å². The maximum atomic E-state index is 12.6. The van der Waals surface area contributed by atoms with Crippen LogP contribution in [-0.4, -0.2) is 53.7 Å². The maximum absolute atomic E-state index is 12.6. The molecule has 0 bridgehead atoms. The molecule has 1 fully saturated rings. The van der Waals surface area contributed by atoms with E-state index in [4.69, 9.17) is 4.74 Å². The number of thioether (sulfide) groups is 1. The Labute approximate surface area is 186 Å². The lowest BCUT2D eigenvalue weighted by atomic mass is 10.2. The normalized spacial score (nSPS) is 14.9. The Morgan fingerprint density at radius 3 is 2.72 bits per heavy atom. The second-order valence-electron chi connectivity index (χ2n) is 6.54. The molecule has 2 aromatic rings. The number of carbonyl (C=O) groups is 3. The number of nitrogens with one attached hydrogen (secondary N) is 1. The van der Waals surface area contributed by atoms with Gasteiger partial charge in [-0.05, 0) is 54.6 Å². The molecule has 11 heteroatoms. The summed E-state index contributed by atoms with van der Waals surface area (Å²) < 4.78 is 34.3. The highest BCUT2D eigenvalue weighted by Crippen LogP contribution is 2.34. The van der Waals surface area contributed by atoms with E-state index in [-0.39, 0.29) is 35.2 Å². The second-order valence-corrected chi connectivity index (χ2v) is 7.54. The number of ether oxygens (including phenoxy) is 2. The van der Waals surface area contributed by atoms with Gasteiger partial charge >= 0.3 is 6.61 Å². The molecule has 0 unspecified atom stereocenters. The zero-order valence-electron chi connectivity index (χ0n) is 17.1. The Morgan fingerprint density at radius 1 is 1.25 bits per heavy atom. The molecule has 32 heavy (non-hydrogen) atoms. The van der Waals surface area contributed by atoms with Crippen molar-refractivity contribution in [1.29, 1.82) is 0 Å². The van der Waals surface area contributed by atoms with Crippen molar-refractivity contribution >= 4 is 34.9 Å². The van der Waals surface area contributed by atoms with Gasteiger partial charge in [0.15, 0.2) is 11.5 Å². The van der Waals surface area contributed by atoms with E-state index in [1.807, 2.05) is 0 Å². The first-order chi connectivity index (χ1) is 15.3. The lowest BCUT2D eigenvalue weighted by Crippen LogP contribution is -2.37. The number of imide groups is 1. The zero-order valence-corrected chi connectivity index (χ0v) is 17.9. The van der Waals surface area contributed by atoms with Crippen LogP contribution in [0.5, 0.6) is 11.5 Å². The molecule has 3 amide bonds. The fraction of sp³-hybridized carbons (Fsp3) is 0.238. The van der Waals surface area contributed by atoms with Crippen molar-refractivity contribution in [2.45, 2.75) is 13.5 Å². The van der Waals surface area contributed by atoms with Gasteiger partial charge in [-0.2, -0.15) is 8.78 Å². The van der Waals surface area contributed by atoms with E-state index < -0.39 is 23.7 Å². The molecule has 0 aliphatic carbocycles. The van der Waals surface area contributed by atoms with Crippen LogP contribution in [0.3, 0.4) is 0 Å². The first-order valence-corrected chi connectivity index (χ1v) is 10.2. The molecular formula is C21H19F2N3O5S. The SMILES string of the molecule is COc1cc(/C=C2\SC(=O)N(CCNC(=O)c3cccc(C)n3)C2=O)ccc1OC(F)F. The number of benzene rings is 1. The summed E-state index contributed by atoms with van der Waals surface area (Å²) in [6.45, 7) is -1.19. The molecule has 1 aromatic heterocycles. The van der Waals surface area contributed by atoms with Crippen molar-refractivity contribution in [2.24, 2.45) is 0 Å². The summed E-state index contributed by atoms with van der Waals surface area (Å²) in [7, 11) is 1.30. The van der Waals surface area contributed by atoms with Crippen LogP contribution in [0.4, 0.5) is 13.6 Å². The molecule has 3 rings (SSSR count). The van der Waals surface area contributed by atoms with Gasteiger partial charge in [0.1, 0.15) is 5.69 Å². The van der Waals surface area contributed by atoms with Gasteiger partial charge in [0, 0.05) is 18.8 Å². The second kappa shape index (κ2) is 10.2. The third-order valence-corrected chi connectivity index (χ3v) is 5.22. The van der Waals surface area contributed by atoms with Gasteiger partial charge in [-0.1, -0.05) is 12.1 Å². The predicted octanol–water partition coefficient (Wildman–Crippen LogP) is 3.47. The highest BCUT2D eigenvalue weighted by atomic mass is 32.2. The molecule has 1 aromatic carbocycles. The van der Waals surface area contributed by atoms with Crippen LogP contribution in [-0.2, 0) is 4.79 Å². The molecule has 1 saturated heterocycles. The predicted molar refractivity (Wildman–Crippen MR) is 114 cm³/mol. The highest BCUT2D eigenvalue weighted by Gasteiger charge is 2.34. The summed E-state index contributed by atoms with van der Waals surface area (Å²) in [6.07, 6.45) is 1.45. The Morgan fingerprint density at radius 2 is 2.03 bits per heavy atom. The fourth-order valence-electron chi connectivity index (χ4n) is 2.85. The first kappa shape index (κ1) is 23.2. The Balaban J connectivity index is 1.64. The smallest absolute Gasteiger partial charge is 0.387 e. The van der Waals surface area contributed by atoms with E-state index in [0.717, 1.165) is 16.7 Å². The van der Waals surface area contributed by atoms with Crippen LogP contribution in [0.15, 0.2) is 41.3 Å². The summed E-state index contributed by atoms with van der Waals surface area (Å²) in [5, 5.41) is 2.15. The molecule has 0 atom stereocenters. The van der Waals surface area contributed by atoms with Crippen molar-refractivity contribution in [3.63, 3.8) is 0 Å². The summed E-state index contributed by atoms with van der Waals surface area (Å²) in [6, 6.07) is 9.20. The standard InChI is InChI=1S/C21H19F2N3O5S/c1-12-4-3-5-14(25-12)18(27)24-8-9-26-19(28)17(32-21(26)29)11-13-6-7-15(31-20(22)23)16(10-13)30-2/h3-7,10-11,20H,8-9H2,1-2H3,(H,24,27)/b17-11-. The van der Waals surface area contributed by atoms with Gasteiger partial charge in [0.05, 0.1) is 12.0 Å². The summed E-state index contributed by atoms with van der Waals surface area (Å²) >= 11 is 0.744. The van der Waals surface area contributed by atoms with E-state index in [1.54, 1.807) is 25.1 Å². The molecule has 8 nitrogen and oxygen atoms in total. The number of pyridine rings is 1. The summed E-state index contributed by atoms with van der Waals surface area (Å²) in [5.74, 6) is -1.01. The van der Waals surface area contributed by atoms with Crippen LogP contribution < -0.4 is 14.8 Å². The Bertz CT molecular complexity index is 1080. The lowest BCUT2D eigenvalue weighted by molar-refractivity contribution is -0.122. The Kier molecular flexibility index (Phi) is 7.41. The van der Waals surface area contributed by atoms with Crippen LogP contribution in [0.25, 0.3) is 6.08 Å². The van der Waals surface area contributed by atoms with Crippen molar-refractivity contribution in [2.75, 3.05) is 20.2 Å². The number of hydrogen-bond donors (Lipinski definition) is 1. The van der Waals surface area contributed by atoms with E-state index in [1.165, 1.54) is 31.4 Å². The molecule has 0 spiro atoms. The average molecular weight is 463 g/mol. The number of aromatic nitrogens is 1. The van der Waals surface area contributed by atoms with Gasteiger partial charge in [-0.15, -0.1) is 0 Å². The molecule has 0 saturated carbocycles. The molecule has 1 aliphatic heterocycles. The number of alkyl halides is 2. The minimum absolute atomic E-state index is 0.00987. The Hall–Kier alpha value is -3.47. The van der Waals surface area contributed by atoms with Crippen molar-refractivity contribution in [3.8, 4) is 11.5 Å². The molecule has 1 N–H and O–H groups in total. The first-order valence-electron chi connectivity index (χ1n) is 9.38. The van der Waals surface area contributed by atoms with Crippen molar-refractivity contribution in [3.05, 3.63) is 58.3 Å². The third kappa shape index (κ3) is 5.61. The van der Waals surface area contributed by atoms with Crippen LogP contribution >= 0.6 is 11.8 Å². The molecule has 0 radical (unpaired) electrons. The minimum atomic E-state index is -3.01. The van der Waals surface area contributed by atoms with Crippen LogP contribution in [0, 0.1) is 6.92 Å². The molecular weight excluding hydrogens is 444 g/mol. The van der Waals surface area contributed by atoms with Gasteiger partial charge in [0.25, 0.3) is 17.1 Å². The number of methoxy groups -OCH3 is 1. The number of hydrogen-bond acceptors (Lipinski definition) is 7. The topological polar surface area (TPSA) is 97.8 Å². The fourth-order valence-corrected chi connectivity index (χ4v) is 3.72. The van der Waals surface area contributed by atoms with Crippen LogP contribution in [0.1, 0.15) is 21.7 Å². The van der Waals surface area contributed by atoms with Crippen molar-refractivity contribution < 1.29 is 32.6 Å². The number of halogens is 2. The highest BCUT2D eigenvalue weighted by molar-refractivity contribution is 8.18. The largest absolute Gasteiger partial charge is 0.493 e. The number of amides is 3. The third-order valence-electron chi connectivity index (χ3n) is 4.32. The van der Waals surface area contributed by atoms with E-state index in [0.29, 0.717) is 11.3 Å². The van der Waals surface area contributed by atoms with Gasteiger partial charge in [0.2, 0.25) is 0 Å². The van der Waals surface area contributed by atoms with E-state index >= 15 is 0 Å². The maximum Gasteiger partial charge on any atom is 0.387 e. The quantitative estimate of drug-likeness (QED) is 0.599. The summed E-state index contributed by atoms with van der Waals surface area (Å²) in [5.41, 5.74) is 1.40. The number of rotatable bonds is 8. The van der Waals surface area contributed by atoms with Gasteiger partial charge < -0.3 is 14.8 Å². The number of carbonyl (C=O) groups excluding carboxylic acids is 3.